The summed E-state index contributed by atoms with van der Waals surface area (Å²) in [6.07, 6.45) is 4.60. The van der Waals surface area contributed by atoms with Crippen LogP contribution >= 0.6 is 0 Å². The van der Waals surface area contributed by atoms with E-state index in [1.165, 1.54) is 5.56 Å². The molecule has 0 aliphatic carbocycles. The van der Waals surface area contributed by atoms with Crippen LogP contribution in [0.3, 0.4) is 0 Å². The highest BCUT2D eigenvalue weighted by atomic mass is 16.5. The molecule has 0 amide bonds. The first-order chi connectivity index (χ1) is 14.8. The highest BCUT2D eigenvalue weighted by Gasteiger charge is 2.07. The maximum Gasteiger partial charge on any atom is 0.191 e. The first kappa shape index (κ1) is 19.4. The van der Waals surface area contributed by atoms with Crippen LogP contribution in [0, 0.1) is 0 Å². The van der Waals surface area contributed by atoms with Gasteiger partial charge in [-0.05, 0) is 30.2 Å². The van der Waals surface area contributed by atoms with E-state index in [9.17, 15) is 0 Å². The summed E-state index contributed by atoms with van der Waals surface area (Å²) in [4.78, 5) is 4.27. The van der Waals surface area contributed by atoms with Crippen molar-refractivity contribution < 1.29 is 4.52 Å². The van der Waals surface area contributed by atoms with Gasteiger partial charge < -0.3 is 15.2 Å². The first-order valence-corrected chi connectivity index (χ1v) is 9.86. The zero-order valence-electron chi connectivity index (χ0n) is 16.8. The van der Waals surface area contributed by atoms with Crippen molar-refractivity contribution in [2.75, 3.05) is 13.6 Å². The molecule has 2 aromatic carbocycles. The van der Waals surface area contributed by atoms with Crippen molar-refractivity contribution in [2.45, 2.75) is 13.0 Å². The third kappa shape index (κ3) is 4.94. The number of hydrogen-bond acceptors (Lipinski definition) is 4. The molecule has 2 heterocycles. The van der Waals surface area contributed by atoms with Gasteiger partial charge >= 0.3 is 0 Å². The molecule has 0 aliphatic rings. The quantitative estimate of drug-likeness (QED) is 0.367. The molecule has 0 spiro atoms. The van der Waals surface area contributed by atoms with E-state index in [1.807, 2.05) is 53.3 Å². The zero-order chi connectivity index (χ0) is 20.6. The van der Waals surface area contributed by atoms with Crippen LogP contribution in [-0.2, 0) is 13.0 Å². The average molecular weight is 400 g/mol. The van der Waals surface area contributed by atoms with Crippen molar-refractivity contribution in [3.8, 4) is 17.0 Å². The molecule has 7 heteroatoms. The van der Waals surface area contributed by atoms with Gasteiger partial charge in [0.05, 0.1) is 12.2 Å². The number of nitrogens with zero attached hydrogens (tertiary/aromatic N) is 4. The van der Waals surface area contributed by atoms with Crippen LogP contribution < -0.4 is 10.6 Å². The Morgan fingerprint density at radius 2 is 1.87 bits per heavy atom. The molecule has 0 saturated carbocycles. The maximum atomic E-state index is 5.44. The van der Waals surface area contributed by atoms with Gasteiger partial charge in [-0.3, -0.25) is 4.99 Å². The van der Waals surface area contributed by atoms with Crippen molar-refractivity contribution in [2.24, 2.45) is 4.99 Å². The van der Waals surface area contributed by atoms with Crippen LogP contribution in [0.25, 0.3) is 17.0 Å². The van der Waals surface area contributed by atoms with Gasteiger partial charge in [-0.25, -0.2) is 4.68 Å². The Kier molecular flexibility index (Phi) is 6.19. The predicted octanol–water partition coefficient (Wildman–Crippen LogP) is 3.44. The fourth-order valence-corrected chi connectivity index (χ4v) is 3.09. The van der Waals surface area contributed by atoms with Gasteiger partial charge in [-0.2, -0.15) is 5.10 Å². The maximum absolute atomic E-state index is 5.44. The summed E-state index contributed by atoms with van der Waals surface area (Å²) < 4.78 is 7.28. The summed E-state index contributed by atoms with van der Waals surface area (Å²) in [6, 6.07) is 22.2. The molecule has 0 fully saturated rings. The van der Waals surface area contributed by atoms with Crippen molar-refractivity contribution in [1.29, 1.82) is 0 Å². The van der Waals surface area contributed by atoms with Crippen LogP contribution in [0.5, 0.6) is 0 Å². The molecule has 0 saturated heterocycles. The molecular weight excluding hydrogens is 376 g/mol. The molecule has 152 valence electrons. The van der Waals surface area contributed by atoms with Crippen molar-refractivity contribution in [3.63, 3.8) is 0 Å². The van der Waals surface area contributed by atoms with E-state index in [-0.39, 0.29) is 0 Å². The lowest BCUT2D eigenvalue weighted by Crippen LogP contribution is -2.37. The second-order valence-electron chi connectivity index (χ2n) is 6.77. The second-order valence-corrected chi connectivity index (χ2v) is 6.77. The zero-order valence-corrected chi connectivity index (χ0v) is 16.8. The van der Waals surface area contributed by atoms with E-state index < -0.39 is 0 Å². The monoisotopic (exact) mass is 400 g/mol. The van der Waals surface area contributed by atoms with Gasteiger partial charge in [-0.15, -0.1) is 0 Å². The average Bonchev–Trinajstić information content (AvgIpc) is 3.50. The number of rotatable bonds is 7. The second kappa shape index (κ2) is 9.56. The number of aromatic nitrogens is 3. The minimum atomic E-state index is 0.536. The van der Waals surface area contributed by atoms with Crippen molar-refractivity contribution >= 4 is 5.96 Å². The smallest absolute Gasteiger partial charge is 0.191 e. The molecule has 2 N–H and O–H groups in total. The largest absolute Gasteiger partial charge is 0.356 e. The van der Waals surface area contributed by atoms with Crippen LogP contribution in [-0.4, -0.2) is 34.5 Å². The normalized spacial score (nSPS) is 11.4. The third-order valence-corrected chi connectivity index (χ3v) is 4.69. The fourth-order valence-electron chi connectivity index (χ4n) is 3.09. The summed E-state index contributed by atoms with van der Waals surface area (Å²) in [5.74, 6) is 1.49. The lowest BCUT2D eigenvalue weighted by Gasteiger charge is -2.11. The minimum absolute atomic E-state index is 0.536. The Hall–Kier alpha value is -3.87. The summed E-state index contributed by atoms with van der Waals surface area (Å²) in [5.41, 5.74) is 4.14. The predicted molar refractivity (Wildman–Crippen MR) is 117 cm³/mol. The van der Waals surface area contributed by atoms with Gasteiger partial charge in [0.15, 0.2) is 11.7 Å². The van der Waals surface area contributed by atoms with E-state index in [1.54, 1.807) is 13.2 Å². The Balaban J connectivity index is 1.24. The number of nitrogens with one attached hydrogen (secondary N) is 2. The van der Waals surface area contributed by atoms with Crippen LogP contribution in [0.1, 0.15) is 11.3 Å². The van der Waals surface area contributed by atoms with Crippen LogP contribution in [0.2, 0.25) is 0 Å². The molecule has 30 heavy (non-hydrogen) atoms. The summed E-state index contributed by atoms with van der Waals surface area (Å²) in [6.45, 7) is 1.31. The highest BCUT2D eigenvalue weighted by molar-refractivity contribution is 5.79. The summed E-state index contributed by atoms with van der Waals surface area (Å²) >= 11 is 0. The Bertz CT molecular complexity index is 1070. The minimum Gasteiger partial charge on any atom is -0.356 e. The van der Waals surface area contributed by atoms with Crippen molar-refractivity contribution in [1.82, 2.24) is 25.6 Å². The standard InChI is InChI=1S/C23H24N6O/c1-24-23(26-17-20-16-22(30-28-20)19-6-3-2-4-7-19)25-14-12-18-8-10-21(11-9-18)29-15-5-13-27-29/h2-11,13,15-16H,12,14,17H2,1H3,(H2,24,25,26). The molecular formula is C23H24N6O. The van der Waals surface area contributed by atoms with E-state index in [0.29, 0.717) is 6.54 Å². The van der Waals surface area contributed by atoms with E-state index in [2.05, 4.69) is 50.1 Å². The lowest BCUT2D eigenvalue weighted by atomic mass is 10.1. The molecule has 7 nitrogen and oxygen atoms in total. The van der Waals surface area contributed by atoms with E-state index >= 15 is 0 Å². The van der Waals surface area contributed by atoms with Gasteiger partial charge in [0.1, 0.15) is 5.69 Å². The Labute approximate surface area is 175 Å². The van der Waals surface area contributed by atoms with Gasteiger partial charge in [0.2, 0.25) is 0 Å². The molecule has 0 atom stereocenters. The molecule has 0 aliphatic heterocycles. The topological polar surface area (TPSA) is 80.3 Å². The molecule has 0 bridgehead atoms. The SMILES string of the molecule is CN=C(NCCc1ccc(-n2cccn2)cc1)NCc1cc(-c2ccccc2)on1. The van der Waals surface area contributed by atoms with Crippen LogP contribution in [0.4, 0.5) is 0 Å². The Morgan fingerprint density at radius 1 is 1.03 bits per heavy atom. The highest BCUT2D eigenvalue weighted by Crippen LogP contribution is 2.19. The number of guanidine groups is 1. The van der Waals surface area contributed by atoms with Gasteiger partial charge in [0, 0.05) is 37.6 Å². The molecule has 4 rings (SSSR count). The summed E-state index contributed by atoms with van der Waals surface area (Å²) in [5, 5.41) is 15.0. The van der Waals surface area contributed by atoms with Crippen molar-refractivity contribution in [3.05, 3.63) is 90.4 Å². The number of aliphatic imine (C=N–C) groups is 1. The van der Waals surface area contributed by atoms with Crippen LogP contribution in [0.15, 0.2) is 88.6 Å². The molecule has 2 aromatic heterocycles. The van der Waals surface area contributed by atoms with Gasteiger partial charge in [0.25, 0.3) is 0 Å². The van der Waals surface area contributed by atoms with E-state index in [0.717, 1.165) is 41.6 Å². The Morgan fingerprint density at radius 3 is 2.60 bits per heavy atom. The fraction of sp³-hybridized carbons (Fsp3) is 0.174. The molecule has 4 aromatic rings. The summed E-state index contributed by atoms with van der Waals surface area (Å²) in [7, 11) is 1.76. The van der Waals surface area contributed by atoms with Gasteiger partial charge in [-0.1, -0.05) is 47.6 Å². The molecule has 0 unspecified atom stereocenters. The number of benzene rings is 2. The van der Waals surface area contributed by atoms with E-state index in [4.69, 9.17) is 4.52 Å². The molecule has 0 radical (unpaired) electrons. The third-order valence-electron chi connectivity index (χ3n) is 4.69. The first-order valence-electron chi connectivity index (χ1n) is 9.86. The number of hydrogen-bond donors (Lipinski definition) is 2. The lowest BCUT2D eigenvalue weighted by molar-refractivity contribution is 0.422.